The smallest absolute Gasteiger partial charge is 0.243 e. The second kappa shape index (κ2) is 7.64. The van der Waals surface area contributed by atoms with E-state index in [-0.39, 0.29) is 6.16 Å². The standard InChI is InChI=1S/C8H15N2.C3H9O2P/c1-3-4-5-10-7-6-9(2)8-10;1-3-6(2,4)5/h6-8H,3-5H2,1-2H3;3H2,1-2H3,(H,4,5)/q+1;/p-1. The van der Waals surface area contributed by atoms with Crippen LogP contribution in [0.2, 0.25) is 0 Å². The number of hydrogen-bond acceptors (Lipinski definition) is 2. The monoisotopic (exact) mass is 246 g/mol. The maximum Gasteiger partial charge on any atom is 0.243 e. The zero-order valence-electron chi connectivity index (χ0n) is 10.7. The predicted molar refractivity (Wildman–Crippen MR) is 64.6 cm³/mol. The molecule has 1 heterocycles. The molecule has 0 aromatic carbocycles. The lowest BCUT2D eigenvalue weighted by Gasteiger charge is -2.12. The molecule has 0 N–H and O–H groups in total. The lowest BCUT2D eigenvalue weighted by atomic mass is 10.3. The molecule has 1 rings (SSSR count). The van der Waals surface area contributed by atoms with E-state index >= 15 is 0 Å². The minimum Gasteiger partial charge on any atom is -0.799 e. The molecule has 0 aliphatic rings. The Kier molecular flexibility index (Phi) is 7.35. The SMILES string of the molecule is CCCCn1cc[n+](C)c1.CCP(C)(=O)[O-]. The highest BCUT2D eigenvalue weighted by molar-refractivity contribution is 7.55. The van der Waals surface area contributed by atoms with Crippen LogP contribution in [0.4, 0.5) is 0 Å². The van der Waals surface area contributed by atoms with Crippen molar-refractivity contribution in [2.75, 3.05) is 12.8 Å². The highest BCUT2D eigenvalue weighted by Gasteiger charge is 1.96. The van der Waals surface area contributed by atoms with Crippen molar-refractivity contribution in [3.63, 3.8) is 0 Å². The Morgan fingerprint density at radius 2 is 2.00 bits per heavy atom. The maximum atomic E-state index is 10.0. The van der Waals surface area contributed by atoms with E-state index in [0.29, 0.717) is 0 Å². The van der Waals surface area contributed by atoms with E-state index in [0.717, 1.165) is 6.54 Å². The third-order valence-electron chi connectivity index (χ3n) is 2.17. The molecule has 5 heteroatoms. The summed E-state index contributed by atoms with van der Waals surface area (Å²) in [6, 6.07) is 0. The fourth-order valence-electron chi connectivity index (χ4n) is 0.975. The van der Waals surface area contributed by atoms with Gasteiger partial charge in [-0.15, -0.1) is 0 Å². The van der Waals surface area contributed by atoms with Crippen molar-refractivity contribution in [1.82, 2.24) is 4.57 Å². The van der Waals surface area contributed by atoms with Gasteiger partial charge in [-0.2, -0.15) is 0 Å². The fourth-order valence-corrected chi connectivity index (χ4v) is 0.975. The molecule has 1 aromatic rings. The molecule has 0 saturated heterocycles. The van der Waals surface area contributed by atoms with E-state index < -0.39 is 7.37 Å². The largest absolute Gasteiger partial charge is 0.799 e. The first-order chi connectivity index (χ1) is 7.39. The van der Waals surface area contributed by atoms with Crippen LogP contribution in [-0.4, -0.2) is 17.4 Å². The molecule has 1 aromatic heterocycles. The van der Waals surface area contributed by atoms with Crippen molar-refractivity contribution in [3.05, 3.63) is 18.7 Å². The third kappa shape index (κ3) is 8.69. The zero-order chi connectivity index (χ0) is 12.6. The number of aryl methyl sites for hydroxylation is 2. The first-order valence-electron chi connectivity index (χ1n) is 5.67. The molecular weight excluding hydrogens is 223 g/mol. The molecule has 0 bridgehead atoms. The van der Waals surface area contributed by atoms with Crippen molar-refractivity contribution >= 4 is 7.37 Å². The van der Waals surface area contributed by atoms with Gasteiger partial charge < -0.3 is 9.46 Å². The Labute approximate surface area is 98.4 Å². The highest BCUT2D eigenvalue weighted by atomic mass is 31.2. The van der Waals surface area contributed by atoms with Crippen LogP contribution in [0.25, 0.3) is 0 Å². The van der Waals surface area contributed by atoms with Crippen LogP contribution in [0, 0.1) is 0 Å². The number of unbranched alkanes of at least 4 members (excludes halogenated alkanes) is 1. The van der Waals surface area contributed by atoms with E-state index in [1.54, 1.807) is 6.92 Å². The van der Waals surface area contributed by atoms with Gasteiger partial charge in [0.1, 0.15) is 12.4 Å². The van der Waals surface area contributed by atoms with Crippen LogP contribution >= 0.6 is 7.37 Å². The van der Waals surface area contributed by atoms with E-state index in [1.165, 1.54) is 19.5 Å². The van der Waals surface area contributed by atoms with Crippen molar-refractivity contribution in [2.24, 2.45) is 7.05 Å². The summed E-state index contributed by atoms with van der Waals surface area (Å²) in [6.45, 7) is 6.24. The molecule has 0 spiro atoms. The summed E-state index contributed by atoms with van der Waals surface area (Å²) < 4.78 is 14.3. The Balaban J connectivity index is 0.000000325. The summed E-state index contributed by atoms with van der Waals surface area (Å²) in [5.41, 5.74) is 0. The number of rotatable bonds is 4. The maximum absolute atomic E-state index is 10.0. The van der Waals surface area contributed by atoms with Crippen molar-refractivity contribution in [3.8, 4) is 0 Å². The van der Waals surface area contributed by atoms with Crippen LogP contribution in [0.5, 0.6) is 0 Å². The number of aromatic nitrogens is 2. The van der Waals surface area contributed by atoms with Gasteiger partial charge in [0.25, 0.3) is 0 Å². The molecule has 94 valence electrons. The Morgan fingerprint density at radius 1 is 1.44 bits per heavy atom. The number of hydrogen-bond donors (Lipinski definition) is 0. The second-order valence-corrected chi connectivity index (χ2v) is 6.66. The molecule has 0 fully saturated rings. The highest BCUT2D eigenvalue weighted by Crippen LogP contribution is 2.27. The van der Waals surface area contributed by atoms with Gasteiger partial charge >= 0.3 is 0 Å². The molecule has 0 aliphatic heterocycles. The average molecular weight is 246 g/mol. The van der Waals surface area contributed by atoms with Crippen LogP contribution in [0.15, 0.2) is 18.7 Å². The third-order valence-corrected chi connectivity index (χ3v) is 3.32. The minimum atomic E-state index is -2.90. The van der Waals surface area contributed by atoms with E-state index in [4.69, 9.17) is 0 Å². The van der Waals surface area contributed by atoms with Crippen molar-refractivity contribution in [2.45, 2.75) is 33.2 Å². The lowest BCUT2D eigenvalue weighted by Crippen LogP contribution is -2.23. The number of imidazole rings is 1. The lowest BCUT2D eigenvalue weighted by molar-refractivity contribution is -0.671. The van der Waals surface area contributed by atoms with E-state index in [2.05, 4.69) is 34.8 Å². The fraction of sp³-hybridized carbons (Fsp3) is 0.727. The van der Waals surface area contributed by atoms with Crippen molar-refractivity contribution in [1.29, 1.82) is 0 Å². The van der Waals surface area contributed by atoms with E-state index in [1.807, 2.05) is 7.05 Å². The molecule has 16 heavy (non-hydrogen) atoms. The molecular formula is C11H23N2O2P. The molecule has 0 radical (unpaired) electrons. The van der Waals surface area contributed by atoms with Gasteiger partial charge in [0.15, 0.2) is 0 Å². The summed E-state index contributed by atoms with van der Waals surface area (Å²) in [7, 11) is -0.853. The summed E-state index contributed by atoms with van der Waals surface area (Å²) in [4.78, 5) is 10.0. The summed E-state index contributed by atoms with van der Waals surface area (Å²) >= 11 is 0. The number of nitrogens with zero attached hydrogens (tertiary/aromatic N) is 2. The topological polar surface area (TPSA) is 48.9 Å². The Morgan fingerprint density at radius 3 is 2.31 bits per heavy atom. The van der Waals surface area contributed by atoms with Gasteiger partial charge in [-0.05, 0) is 19.2 Å². The van der Waals surface area contributed by atoms with E-state index in [9.17, 15) is 9.46 Å². The molecule has 0 saturated carbocycles. The van der Waals surface area contributed by atoms with Gasteiger partial charge in [-0.25, -0.2) is 9.13 Å². The minimum absolute atomic E-state index is 0.271. The van der Waals surface area contributed by atoms with Gasteiger partial charge in [-0.3, -0.25) is 0 Å². The molecule has 0 amide bonds. The quantitative estimate of drug-likeness (QED) is 0.595. The van der Waals surface area contributed by atoms with Crippen LogP contribution < -0.4 is 9.46 Å². The van der Waals surface area contributed by atoms with Gasteiger partial charge in [0, 0.05) is 7.37 Å². The molecule has 1 unspecified atom stereocenters. The Hall–Kier alpha value is -0.600. The molecule has 1 atom stereocenters. The summed E-state index contributed by atoms with van der Waals surface area (Å²) in [5.74, 6) is 0. The van der Waals surface area contributed by atoms with Gasteiger partial charge in [-0.1, -0.05) is 20.3 Å². The van der Waals surface area contributed by atoms with Crippen LogP contribution in [-0.2, 0) is 18.2 Å². The van der Waals surface area contributed by atoms with Crippen molar-refractivity contribution < 1.29 is 14.0 Å². The first kappa shape index (κ1) is 15.4. The summed E-state index contributed by atoms with van der Waals surface area (Å²) in [5, 5.41) is 0. The second-order valence-electron chi connectivity index (χ2n) is 4.00. The average Bonchev–Trinajstić information content (AvgIpc) is 2.61. The van der Waals surface area contributed by atoms with Gasteiger partial charge in [0.2, 0.25) is 6.33 Å². The first-order valence-corrected chi connectivity index (χ1v) is 7.93. The normalized spacial score (nSPS) is 13.8. The van der Waals surface area contributed by atoms with Crippen LogP contribution in [0.3, 0.4) is 0 Å². The predicted octanol–water partition coefficient (Wildman–Crippen LogP) is 1.39. The zero-order valence-corrected chi connectivity index (χ0v) is 11.6. The molecule has 0 aliphatic carbocycles. The Bertz CT molecular complexity index is 330. The molecule has 4 nitrogen and oxygen atoms in total. The summed E-state index contributed by atoms with van der Waals surface area (Å²) in [6.07, 6.45) is 9.09. The van der Waals surface area contributed by atoms with Crippen LogP contribution in [0.1, 0.15) is 26.7 Å². The van der Waals surface area contributed by atoms with Gasteiger partial charge in [0.05, 0.1) is 13.6 Å².